The third-order valence-electron chi connectivity index (χ3n) is 3.60. The van der Waals surface area contributed by atoms with E-state index in [2.05, 4.69) is 55.0 Å². The van der Waals surface area contributed by atoms with Gasteiger partial charge in [-0.1, -0.05) is 38.6 Å². The topological polar surface area (TPSA) is 45.8 Å². The van der Waals surface area contributed by atoms with Gasteiger partial charge in [0.25, 0.3) is 0 Å². The molecule has 0 aliphatic heterocycles. The number of carbonyl (C=O) groups excluding carboxylic acids is 1. The average Bonchev–Trinajstić information content (AvgIpc) is 2.86. The Bertz CT molecular complexity index is 892. The van der Waals surface area contributed by atoms with Crippen molar-refractivity contribution in [2.75, 3.05) is 0 Å². The Morgan fingerprint density at radius 2 is 2.00 bits per heavy atom. The second-order valence-electron chi connectivity index (χ2n) is 7.00. The fourth-order valence-electron chi connectivity index (χ4n) is 2.55. The smallest absolute Gasteiger partial charge is 0.125 e. The van der Waals surface area contributed by atoms with E-state index < -0.39 is 0 Å². The number of fused-ring (bicyclic) bond motifs is 1. The zero-order valence-corrected chi connectivity index (χ0v) is 16.6. The van der Waals surface area contributed by atoms with Crippen molar-refractivity contribution in [1.29, 1.82) is 0 Å². The van der Waals surface area contributed by atoms with Crippen molar-refractivity contribution >= 4 is 40.7 Å². The number of thioether (sulfide) groups is 1. The molecule has 1 aromatic carbocycles. The molecule has 0 spiro atoms. The minimum Gasteiger partial charge on any atom is -0.357 e. The number of nitrogens with zero attached hydrogens (tertiary/aromatic N) is 1. The van der Waals surface area contributed by atoms with E-state index in [4.69, 9.17) is 0 Å². The molecule has 2 heterocycles. The predicted octanol–water partition coefficient (Wildman–Crippen LogP) is 5.65. The molecule has 0 radical (unpaired) electrons. The summed E-state index contributed by atoms with van der Waals surface area (Å²) < 4.78 is 0.0778. The molecule has 3 aromatic rings. The number of benzene rings is 1. The van der Waals surface area contributed by atoms with Crippen LogP contribution in [0.1, 0.15) is 32.0 Å². The molecular formula is C20H22N2OS2. The first-order valence-corrected chi connectivity index (χ1v) is 9.87. The molecule has 130 valence electrons. The number of aryl methyl sites for hydroxylation is 1. The van der Waals surface area contributed by atoms with Crippen LogP contribution in [-0.4, -0.2) is 21.0 Å². The van der Waals surface area contributed by atoms with Crippen LogP contribution in [-0.2, 0) is 11.2 Å². The number of pyridine rings is 1. The summed E-state index contributed by atoms with van der Waals surface area (Å²) in [5, 5.41) is 2.16. The van der Waals surface area contributed by atoms with Crippen molar-refractivity contribution in [3.63, 3.8) is 0 Å². The van der Waals surface area contributed by atoms with E-state index in [0.717, 1.165) is 33.0 Å². The van der Waals surface area contributed by atoms with Crippen molar-refractivity contribution in [2.24, 2.45) is 0 Å². The van der Waals surface area contributed by atoms with Gasteiger partial charge in [-0.05, 0) is 36.8 Å². The molecule has 3 rings (SSSR count). The molecule has 0 unspecified atom stereocenters. The first-order valence-electron chi connectivity index (χ1n) is 8.23. The van der Waals surface area contributed by atoms with Crippen molar-refractivity contribution in [3.05, 3.63) is 47.8 Å². The normalized spacial score (nSPS) is 11.8. The van der Waals surface area contributed by atoms with Crippen LogP contribution in [0.5, 0.6) is 0 Å². The second-order valence-corrected chi connectivity index (χ2v) is 9.93. The van der Waals surface area contributed by atoms with Gasteiger partial charge in [-0.3, -0.25) is 0 Å². The van der Waals surface area contributed by atoms with Gasteiger partial charge in [0, 0.05) is 43.8 Å². The Morgan fingerprint density at radius 3 is 2.64 bits per heavy atom. The summed E-state index contributed by atoms with van der Waals surface area (Å²) in [6.07, 6.45) is 3.26. The first-order chi connectivity index (χ1) is 11.9. The molecule has 3 nitrogen and oxygen atoms in total. The maximum absolute atomic E-state index is 11.1. The molecule has 0 atom stereocenters. The minimum atomic E-state index is 0.0778. The number of aromatic nitrogens is 2. The van der Waals surface area contributed by atoms with Gasteiger partial charge in [0.05, 0.1) is 0 Å². The lowest BCUT2D eigenvalue weighted by molar-refractivity contribution is -0.107. The lowest BCUT2D eigenvalue weighted by Crippen LogP contribution is -2.07. The maximum atomic E-state index is 11.1. The summed E-state index contributed by atoms with van der Waals surface area (Å²) in [4.78, 5) is 21.3. The first kappa shape index (κ1) is 18.1. The van der Waals surface area contributed by atoms with E-state index in [-0.39, 0.29) is 4.75 Å². The van der Waals surface area contributed by atoms with E-state index in [1.807, 2.05) is 19.2 Å². The van der Waals surface area contributed by atoms with Crippen LogP contribution in [0.4, 0.5) is 0 Å². The largest absolute Gasteiger partial charge is 0.357 e. The lowest BCUT2D eigenvalue weighted by Gasteiger charge is -2.18. The van der Waals surface area contributed by atoms with Crippen LogP contribution in [0.2, 0.25) is 0 Å². The monoisotopic (exact) mass is 370 g/mol. The van der Waals surface area contributed by atoms with E-state index in [1.165, 1.54) is 10.3 Å². The SMILES string of the molecule is Cc1ccc(Sc2ccc3[nH]c(CC=O)c(SC(C)(C)C)c3c2)nc1. The molecule has 0 fully saturated rings. The quantitative estimate of drug-likeness (QED) is 0.465. The average molecular weight is 371 g/mol. The van der Waals surface area contributed by atoms with Crippen LogP contribution < -0.4 is 0 Å². The van der Waals surface area contributed by atoms with Gasteiger partial charge in [-0.2, -0.15) is 0 Å². The Balaban J connectivity index is 2.01. The van der Waals surface area contributed by atoms with Crippen LogP contribution in [0, 0.1) is 6.92 Å². The highest BCUT2D eigenvalue weighted by Gasteiger charge is 2.19. The summed E-state index contributed by atoms with van der Waals surface area (Å²) in [5.74, 6) is 0. The van der Waals surface area contributed by atoms with Crippen molar-refractivity contribution < 1.29 is 4.79 Å². The summed E-state index contributed by atoms with van der Waals surface area (Å²) in [5.41, 5.74) is 3.23. The molecule has 0 amide bonds. The molecule has 0 aliphatic carbocycles. The summed E-state index contributed by atoms with van der Waals surface area (Å²) in [6.45, 7) is 8.61. The molecule has 0 bridgehead atoms. The fourth-order valence-corrected chi connectivity index (χ4v) is 4.50. The third kappa shape index (κ3) is 4.47. The van der Waals surface area contributed by atoms with Gasteiger partial charge in [0.15, 0.2) is 0 Å². The van der Waals surface area contributed by atoms with E-state index in [0.29, 0.717) is 6.42 Å². The van der Waals surface area contributed by atoms with Crippen LogP contribution in [0.25, 0.3) is 10.9 Å². The lowest BCUT2D eigenvalue weighted by atomic mass is 10.2. The van der Waals surface area contributed by atoms with Crippen LogP contribution in [0.3, 0.4) is 0 Å². The molecule has 0 aliphatic rings. The minimum absolute atomic E-state index is 0.0778. The zero-order valence-electron chi connectivity index (χ0n) is 14.9. The third-order valence-corrected chi connectivity index (χ3v) is 5.82. The van der Waals surface area contributed by atoms with Crippen molar-refractivity contribution in [2.45, 2.75) is 53.7 Å². The van der Waals surface area contributed by atoms with Gasteiger partial charge in [0.2, 0.25) is 0 Å². The molecule has 0 saturated carbocycles. The molecule has 25 heavy (non-hydrogen) atoms. The number of hydrogen-bond donors (Lipinski definition) is 1. The standard InChI is InChI=1S/C20H22N2OS2/c1-13-5-8-18(21-12-13)24-14-6-7-16-15(11-14)19(25-20(2,3)4)17(22-16)9-10-23/h5-8,10-12,22H,9H2,1-4H3. The highest BCUT2D eigenvalue weighted by Crippen LogP contribution is 2.41. The number of hydrogen-bond acceptors (Lipinski definition) is 4. The van der Waals surface area contributed by atoms with Gasteiger partial charge in [-0.15, -0.1) is 11.8 Å². The van der Waals surface area contributed by atoms with E-state index in [9.17, 15) is 4.79 Å². The highest BCUT2D eigenvalue weighted by atomic mass is 32.2. The number of aldehydes is 1. The van der Waals surface area contributed by atoms with Gasteiger partial charge >= 0.3 is 0 Å². The number of carbonyl (C=O) groups is 1. The van der Waals surface area contributed by atoms with Gasteiger partial charge in [-0.25, -0.2) is 4.98 Å². The molecule has 5 heteroatoms. The summed E-state index contributed by atoms with van der Waals surface area (Å²) in [7, 11) is 0. The Morgan fingerprint density at radius 1 is 1.20 bits per heavy atom. The van der Waals surface area contributed by atoms with Gasteiger partial charge < -0.3 is 9.78 Å². The number of aromatic amines is 1. The Labute approximate surface area is 157 Å². The maximum Gasteiger partial charge on any atom is 0.125 e. The van der Waals surface area contributed by atoms with E-state index >= 15 is 0 Å². The molecule has 2 aromatic heterocycles. The number of H-pyrrole nitrogens is 1. The summed E-state index contributed by atoms with van der Waals surface area (Å²) in [6, 6.07) is 10.5. The van der Waals surface area contributed by atoms with Crippen molar-refractivity contribution in [1.82, 2.24) is 9.97 Å². The summed E-state index contributed by atoms with van der Waals surface area (Å²) >= 11 is 3.46. The molecule has 1 N–H and O–H groups in total. The molecule has 0 saturated heterocycles. The predicted molar refractivity (Wildman–Crippen MR) is 107 cm³/mol. The molecular weight excluding hydrogens is 348 g/mol. The number of nitrogens with one attached hydrogen (secondary N) is 1. The van der Waals surface area contributed by atoms with Gasteiger partial charge in [0.1, 0.15) is 11.3 Å². The van der Waals surface area contributed by atoms with E-state index in [1.54, 1.807) is 23.5 Å². The van der Waals surface area contributed by atoms with Crippen LogP contribution in [0.15, 0.2) is 51.3 Å². The number of rotatable bonds is 5. The van der Waals surface area contributed by atoms with Crippen molar-refractivity contribution in [3.8, 4) is 0 Å². The Hall–Kier alpha value is -1.72. The highest BCUT2D eigenvalue weighted by molar-refractivity contribution is 8.01. The zero-order chi connectivity index (χ0) is 18.0. The van der Waals surface area contributed by atoms with Crippen LogP contribution >= 0.6 is 23.5 Å². The Kier molecular flexibility index (Phi) is 5.25. The second kappa shape index (κ2) is 7.26. The fraction of sp³-hybridized carbons (Fsp3) is 0.300.